The largest absolute Gasteiger partial charge is 0.497 e. The number of halogens is 1. The van der Waals surface area contributed by atoms with Gasteiger partial charge in [-0.1, -0.05) is 6.07 Å². The van der Waals surface area contributed by atoms with Crippen LogP contribution in [0.2, 0.25) is 0 Å². The fourth-order valence-corrected chi connectivity index (χ4v) is 2.99. The molecular weight excluding hydrogens is 398 g/mol. The minimum Gasteiger partial charge on any atom is -0.497 e. The van der Waals surface area contributed by atoms with Crippen LogP contribution in [0.25, 0.3) is 0 Å². The molecular formula is C19H24BrN3O3. The van der Waals surface area contributed by atoms with Gasteiger partial charge in [0.2, 0.25) is 0 Å². The van der Waals surface area contributed by atoms with E-state index in [0.29, 0.717) is 19.0 Å². The van der Waals surface area contributed by atoms with E-state index in [2.05, 4.69) is 31.6 Å². The lowest BCUT2D eigenvalue weighted by molar-refractivity contribution is 0.390. The molecule has 0 saturated heterocycles. The smallest absolute Gasteiger partial charge is 0.191 e. The molecule has 0 radical (unpaired) electrons. The lowest BCUT2D eigenvalue weighted by Gasteiger charge is -2.15. The quantitative estimate of drug-likeness (QED) is 0.530. The summed E-state index contributed by atoms with van der Waals surface area (Å²) >= 11 is 3.50. The summed E-state index contributed by atoms with van der Waals surface area (Å²) in [5.41, 5.74) is 2.13. The molecule has 0 bridgehead atoms. The number of nitrogens with one attached hydrogen (secondary N) is 2. The highest BCUT2D eigenvalue weighted by atomic mass is 79.9. The Morgan fingerprint density at radius 1 is 0.923 bits per heavy atom. The molecule has 2 rings (SSSR count). The summed E-state index contributed by atoms with van der Waals surface area (Å²) in [6.45, 7) is 1.22. The number of aliphatic imine (C=N–C) groups is 1. The van der Waals surface area contributed by atoms with E-state index in [-0.39, 0.29) is 0 Å². The fourth-order valence-electron chi connectivity index (χ4n) is 2.40. The van der Waals surface area contributed by atoms with Gasteiger partial charge >= 0.3 is 0 Å². The Bertz CT molecular complexity index is 766. The SMILES string of the molecule is CN=C(NCc1ccc(OC)c(Br)c1)NCc1ccc(OC)cc1OC. The molecule has 0 aliphatic carbocycles. The molecule has 2 aromatic carbocycles. The third kappa shape index (κ3) is 5.29. The zero-order valence-corrected chi connectivity index (χ0v) is 17.0. The number of nitrogens with zero attached hydrogens (tertiary/aromatic N) is 1. The second-order valence-corrected chi connectivity index (χ2v) is 6.28. The van der Waals surface area contributed by atoms with Crippen molar-refractivity contribution in [2.24, 2.45) is 4.99 Å². The minimum atomic E-state index is 0.582. The third-order valence-electron chi connectivity index (χ3n) is 3.84. The number of hydrogen-bond donors (Lipinski definition) is 2. The second kappa shape index (κ2) is 9.91. The summed E-state index contributed by atoms with van der Waals surface area (Å²) in [7, 11) is 6.67. The zero-order valence-electron chi connectivity index (χ0n) is 15.4. The van der Waals surface area contributed by atoms with E-state index < -0.39 is 0 Å². The van der Waals surface area contributed by atoms with E-state index >= 15 is 0 Å². The van der Waals surface area contributed by atoms with Gasteiger partial charge < -0.3 is 24.8 Å². The predicted octanol–water partition coefficient (Wildman–Crippen LogP) is 3.34. The number of hydrogen-bond acceptors (Lipinski definition) is 4. The Kier molecular flexibility index (Phi) is 7.59. The average molecular weight is 422 g/mol. The molecule has 26 heavy (non-hydrogen) atoms. The zero-order chi connectivity index (χ0) is 18.9. The summed E-state index contributed by atoms with van der Waals surface area (Å²) < 4.78 is 16.8. The van der Waals surface area contributed by atoms with E-state index in [0.717, 1.165) is 32.8 Å². The molecule has 7 heteroatoms. The van der Waals surface area contributed by atoms with Crippen LogP contribution in [0.15, 0.2) is 45.9 Å². The van der Waals surface area contributed by atoms with E-state index in [1.165, 1.54) is 0 Å². The minimum absolute atomic E-state index is 0.582. The molecule has 0 aliphatic heterocycles. The van der Waals surface area contributed by atoms with Crippen LogP contribution in [0.5, 0.6) is 17.2 Å². The van der Waals surface area contributed by atoms with E-state index in [1.807, 2.05) is 36.4 Å². The number of rotatable bonds is 7. The van der Waals surface area contributed by atoms with Crippen molar-refractivity contribution in [2.75, 3.05) is 28.4 Å². The van der Waals surface area contributed by atoms with Crippen LogP contribution in [0, 0.1) is 0 Å². The van der Waals surface area contributed by atoms with Crippen LogP contribution in [0.4, 0.5) is 0 Å². The van der Waals surface area contributed by atoms with Gasteiger partial charge in [0.05, 0.1) is 25.8 Å². The van der Waals surface area contributed by atoms with Gasteiger partial charge in [-0.2, -0.15) is 0 Å². The second-order valence-electron chi connectivity index (χ2n) is 5.43. The first-order valence-corrected chi connectivity index (χ1v) is 8.88. The van der Waals surface area contributed by atoms with Crippen molar-refractivity contribution in [1.82, 2.24) is 10.6 Å². The Hall–Kier alpha value is -2.41. The van der Waals surface area contributed by atoms with Crippen molar-refractivity contribution >= 4 is 21.9 Å². The van der Waals surface area contributed by atoms with Crippen LogP contribution in [-0.2, 0) is 13.1 Å². The van der Waals surface area contributed by atoms with Gasteiger partial charge in [0, 0.05) is 31.8 Å². The molecule has 0 spiro atoms. The standard InChI is InChI=1S/C19H24BrN3O3/c1-21-19(22-11-13-5-8-17(25-3)16(20)9-13)23-12-14-6-7-15(24-2)10-18(14)26-4/h5-10H,11-12H2,1-4H3,(H2,21,22,23). The highest BCUT2D eigenvalue weighted by Crippen LogP contribution is 2.26. The first kappa shape index (κ1) is 19.9. The van der Waals surface area contributed by atoms with Crippen molar-refractivity contribution < 1.29 is 14.2 Å². The molecule has 2 N–H and O–H groups in total. The van der Waals surface area contributed by atoms with Crippen molar-refractivity contribution in [2.45, 2.75) is 13.1 Å². The molecule has 0 atom stereocenters. The monoisotopic (exact) mass is 421 g/mol. The van der Waals surface area contributed by atoms with Gasteiger partial charge in [0.25, 0.3) is 0 Å². The third-order valence-corrected chi connectivity index (χ3v) is 4.46. The van der Waals surface area contributed by atoms with E-state index in [1.54, 1.807) is 28.4 Å². The Labute approximate surface area is 162 Å². The Balaban J connectivity index is 1.95. The summed E-state index contributed by atoms with van der Waals surface area (Å²) in [5.74, 6) is 3.04. The van der Waals surface area contributed by atoms with E-state index in [9.17, 15) is 0 Å². The van der Waals surface area contributed by atoms with Gasteiger partial charge in [0.1, 0.15) is 17.2 Å². The lowest BCUT2D eigenvalue weighted by Crippen LogP contribution is -2.36. The topological polar surface area (TPSA) is 64.1 Å². The highest BCUT2D eigenvalue weighted by molar-refractivity contribution is 9.10. The summed E-state index contributed by atoms with van der Waals surface area (Å²) in [6, 6.07) is 11.7. The van der Waals surface area contributed by atoms with Gasteiger partial charge in [-0.05, 0) is 45.8 Å². The maximum Gasteiger partial charge on any atom is 0.191 e. The molecule has 0 heterocycles. The summed E-state index contributed by atoms with van der Waals surface area (Å²) in [4.78, 5) is 4.26. The van der Waals surface area contributed by atoms with Crippen molar-refractivity contribution in [1.29, 1.82) is 0 Å². The van der Waals surface area contributed by atoms with E-state index in [4.69, 9.17) is 14.2 Å². The number of ether oxygens (including phenoxy) is 3. The van der Waals surface area contributed by atoms with Crippen LogP contribution in [0.1, 0.15) is 11.1 Å². The maximum absolute atomic E-state index is 5.42. The fraction of sp³-hybridized carbons (Fsp3) is 0.316. The van der Waals surface area contributed by atoms with Crippen LogP contribution in [-0.4, -0.2) is 34.3 Å². The molecule has 0 saturated carbocycles. The van der Waals surface area contributed by atoms with Crippen LogP contribution >= 0.6 is 15.9 Å². The molecule has 0 fully saturated rings. The number of benzene rings is 2. The predicted molar refractivity (Wildman–Crippen MR) is 107 cm³/mol. The summed E-state index contributed by atoms with van der Waals surface area (Å²) in [6.07, 6.45) is 0. The Morgan fingerprint density at radius 3 is 2.27 bits per heavy atom. The molecule has 2 aromatic rings. The van der Waals surface area contributed by atoms with Crippen molar-refractivity contribution in [3.8, 4) is 17.2 Å². The molecule has 0 aromatic heterocycles. The summed E-state index contributed by atoms with van der Waals surface area (Å²) in [5, 5.41) is 6.58. The van der Waals surface area contributed by atoms with Gasteiger partial charge in [-0.25, -0.2) is 0 Å². The molecule has 140 valence electrons. The molecule has 0 amide bonds. The average Bonchev–Trinajstić information content (AvgIpc) is 2.68. The first-order chi connectivity index (χ1) is 12.6. The Morgan fingerprint density at radius 2 is 1.65 bits per heavy atom. The highest BCUT2D eigenvalue weighted by Gasteiger charge is 2.07. The maximum atomic E-state index is 5.42. The lowest BCUT2D eigenvalue weighted by atomic mass is 10.2. The van der Waals surface area contributed by atoms with Gasteiger partial charge in [-0.3, -0.25) is 4.99 Å². The van der Waals surface area contributed by atoms with Crippen LogP contribution < -0.4 is 24.8 Å². The number of guanidine groups is 1. The number of methoxy groups -OCH3 is 3. The van der Waals surface area contributed by atoms with Crippen LogP contribution in [0.3, 0.4) is 0 Å². The molecule has 0 aliphatic rings. The normalized spacial score (nSPS) is 11.0. The molecule has 6 nitrogen and oxygen atoms in total. The van der Waals surface area contributed by atoms with Gasteiger partial charge in [0.15, 0.2) is 5.96 Å². The van der Waals surface area contributed by atoms with Crippen molar-refractivity contribution in [3.63, 3.8) is 0 Å². The van der Waals surface area contributed by atoms with Crippen molar-refractivity contribution in [3.05, 3.63) is 52.0 Å². The van der Waals surface area contributed by atoms with Gasteiger partial charge in [-0.15, -0.1) is 0 Å². The molecule has 0 unspecified atom stereocenters. The first-order valence-electron chi connectivity index (χ1n) is 8.09.